The smallest absolute Gasteiger partial charge is 0.340 e. The molecule has 0 aromatic carbocycles. The van der Waals surface area contributed by atoms with Gasteiger partial charge in [-0.25, -0.2) is 9.78 Å². The molecule has 0 radical (unpaired) electrons. The highest BCUT2D eigenvalue weighted by Gasteiger charge is 2.19. The topological polar surface area (TPSA) is 43.6 Å². The van der Waals surface area contributed by atoms with Gasteiger partial charge in [0.1, 0.15) is 5.60 Å². The van der Waals surface area contributed by atoms with Crippen molar-refractivity contribution >= 4 is 11.5 Å². The van der Waals surface area contributed by atoms with Crippen LogP contribution in [-0.4, -0.2) is 21.0 Å². The van der Waals surface area contributed by atoms with Gasteiger partial charge in [0, 0.05) is 6.20 Å². The van der Waals surface area contributed by atoms with Gasteiger partial charge in [0.15, 0.2) is 0 Å². The van der Waals surface area contributed by atoms with Crippen LogP contribution in [0.2, 0.25) is 0 Å². The molecule has 0 saturated heterocycles. The number of esters is 1. The van der Waals surface area contributed by atoms with Gasteiger partial charge in [0.2, 0.25) is 0 Å². The third-order valence-corrected chi connectivity index (χ3v) is 2.07. The number of nitrogens with zero attached hydrogens (tertiary/aromatic N) is 2. The summed E-state index contributed by atoms with van der Waals surface area (Å²) in [5, 5.41) is 0. The summed E-state index contributed by atoms with van der Waals surface area (Å²) in [4.78, 5) is 15.9. The molecule has 2 heterocycles. The van der Waals surface area contributed by atoms with E-state index in [2.05, 4.69) is 4.98 Å². The summed E-state index contributed by atoms with van der Waals surface area (Å²) >= 11 is 0. The maximum atomic E-state index is 11.9. The fraction of sp³-hybridized carbons (Fsp3) is 0.333. The Bertz CT molecular complexity index is 523. The van der Waals surface area contributed by atoms with E-state index in [1.807, 2.05) is 27.0 Å². The fourth-order valence-corrected chi connectivity index (χ4v) is 1.46. The van der Waals surface area contributed by atoms with Crippen LogP contribution >= 0.6 is 0 Å². The summed E-state index contributed by atoms with van der Waals surface area (Å²) in [7, 11) is 0. The molecular weight excluding hydrogens is 204 g/mol. The maximum absolute atomic E-state index is 11.9. The Labute approximate surface area is 93.9 Å². The minimum absolute atomic E-state index is 0.321. The van der Waals surface area contributed by atoms with Crippen molar-refractivity contribution in [3.05, 3.63) is 36.4 Å². The van der Waals surface area contributed by atoms with E-state index in [1.165, 1.54) is 0 Å². The molecule has 0 aliphatic heterocycles. The van der Waals surface area contributed by atoms with Crippen LogP contribution in [-0.2, 0) is 4.74 Å². The second-order valence-corrected chi connectivity index (χ2v) is 4.61. The molecule has 4 heteroatoms. The van der Waals surface area contributed by atoms with E-state index in [9.17, 15) is 4.79 Å². The van der Waals surface area contributed by atoms with Crippen molar-refractivity contribution in [1.82, 2.24) is 9.38 Å². The molecule has 0 saturated carbocycles. The highest BCUT2D eigenvalue weighted by Crippen LogP contribution is 2.15. The number of fused-ring (bicyclic) bond motifs is 1. The monoisotopic (exact) mass is 218 g/mol. The zero-order valence-corrected chi connectivity index (χ0v) is 9.60. The van der Waals surface area contributed by atoms with Crippen molar-refractivity contribution in [2.45, 2.75) is 26.4 Å². The van der Waals surface area contributed by atoms with Gasteiger partial charge in [-0.3, -0.25) is 0 Å². The lowest BCUT2D eigenvalue weighted by atomic mass is 10.2. The van der Waals surface area contributed by atoms with Crippen molar-refractivity contribution in [2.75, 3.05) is 0 Å². The molecule has 84 valence electrons. The van der Waals surface area contributed by atoms with Gasteiger partial charge in [0.25, 0.3) is 0 Å². The fourth-order valence-electron chi connectivity index (χ4n) is 1.46. The molecule has 2 aromatic rings. The van der Waals surface area contributed by atoms with Gasteiger partial charge in [-0.1, -0.05) is 0 Å². The molecule has 0 unspecified atom stereocenters. The molecule has 2 rings (SSSR count). The summed E-state index contributed by atoms with van der Waals surface area (Å²) in [5.41, 5.74) is 0.816. The Morgan fingerprint density at radius 1 is 1.44 bits per heavy atom. The van der Waals surface area contributed by atoms with Crippen molar-refractivity contribution in [3.63, 3.8) is 0 Å². The zero-order valence-electron chi connectivity index (χ0n) is 9.60. The van der Waals surface area contributed by atoms with Crippen LogP contribution in [0, 0.1) is 0 Å². The van der Waals surface area contributed by atoms with Crippen LogP contribution in [0.1, 0.15) is 31.1 Å². The molecule has 0 bridgehead atoms. The third-order valence-electron chi connectivity index (χ3n) is 2.07. The van der Waals surface area contributed by atoms with E-state index in [1.54, 1.807) is 29.1 Å². The number of rotatable bonds is 1. The SMILES string of the molecule is CC(C)(C)OC(=O)c1cccn2cncc12. The average Bonchev–Trinajstić information content (AvgIpc) is 2.61. The molecule has 0 aliphatic carbocycles. The normalized spacial score (nSPS) is 11.7. The number of carbonyl (C=O) groups is 1. The highest BCUT2D eigenvalue weighted by molar-refractivity contribution is 5.96. The average molecular weight is 218 g/mol. The van der Waals surface area contributed by atoms with E-state index in [-0.39, 0.29) is 5.97 Å². The molecule has 4 nitrogen and oxygen atoms in total. The lowest BCUT2D eigenvalue weighted by molar-refractivity contribution is 0.00714. The van der Waals surface area contributed by atoms with E-state index in [0.29, 0.717) is 5.56 Å². The number of pyridine rings is 1. The van der Waals surface area contributed by atoms with Crippen molar-refractivity contribution < 1.29 is 9.53 Å². The van der Waals surface area contributed by atoms with Crippen molar-refractivity contribution in [2.24, 2.45) is 0 Å². The summed E-state index contributed by atoms with van der Waals surface area (Å²) in [5.74, 6) is -0.321. The van der Waals surface area contributed by atoms with Crippen LogP contribution in [0.25, 0.3) is 5.52 Å². The van der Waals surface area contributed by atoms with Crippen molar-refractivity contribution in [1.29, 1.82) is 0 Å². The van der Waals surface area contributed by atoms with Gasteiger partial charge in [-0.15, -0.1) is 0 Å². The number of aromatic nitrogens is 2. The number of hydrogen-bond acceptors (Lipinski definition) is 3. The summed E-state index contributed by atoms with van der Waals surface area (Å²) < 4.78 is 7.11. The minimum atomic E-state index is -0.482. The first kappa shape index (κ1) is 10.7. The molecule has 0 atom stereocenters. The second kappa shape index (κ2) is 3.63. The molecule has 0 N–H and O–H groups in total. The first-order chi connectivity index (χ1) is 7.47. The molecule has 0 fully saturated rings. The lowest BCUT2D eigenvalue weighted by Crippen LogP contribution is -2.24. The Hall–Kier alpha value is -1.84. The number of ether oxygens (including phenoxy) is 1. The van der Waals surface area contributed by atoms with E-state index in [4.69, 9.17) is 4.74 Å². The second-order valence-electron chi connectivity index (χ2n) is 4.61. The minimum Gasteiger partial charge on any atom is -0.456 e. The van der Waals surface area contributed by atoms with E-state index in [0.717, 1.165) is 5.52 Å². The quantitative estimate of drug-likeness (QED) is 0.690. The van der Waals surface area contributed by atoms with Gasteiger partial charge in [-0.2, -0.15) is 0 Å². The summed E-state index contributed by atoms with van der Waals surface area (Å²) in [6, 6.07) is 3.54. The molecule has 2 aromatic heterocycles. The number of carbonyl (C=O) groups excluding carboxylic acids is 1. The van der Waals surface area contributed by atoms with Gasteiger partial charge in [-0.05, 0) is 32.9 Å². The van der Waals surface area contributed by atoms with Crippen LogP contribution in [0.5, 0.6) is 0 Å². The predicted molar refractivity (Wildman–Crippen MR) is 60.4 cm³/mol. The first-order valence-electron chi connectivity index (χ1n) is 5.11. The summed E-state index contributed by atoms with van der Waals surface area (Å²) in [6.45, 7) is 5.55. The van der Waals surface area contributed by atoms with Crippen LogP contribution in [0.4, 0.5) is 0 Å². The third kappa shape index (κ3) is 2.05. The Kier molecular flexibility index (Phi) is 2.42. The maximum Gasteiger partial charge on any atom is 0.340 e. The first-order valence-corrected chi connectivity index (χ1v) is 5.11. The predicted octanol–water partition coefficient (Wildman–Crippen LogP) is 2.29. The van der Waals surface area contributed by atoms with Crippen LogP contribution in [0.15, 0.2) is 30.9 Å². The van der Waals surface area contributed by atoms with Crippen LogP contribution < -0.4 is 0 Å². The number of hydrogen-bond donors (Lipinski definition) is 0. The van der Waals surface area contributed by atoms with Crippen LogP contribution in [0.3, 0.4) is 0 Å². The summed E-state index contributed by atoms with van der Waals surface area (Å²) in [6.07, 6.45) is 5.15. The van der Waals surface area contributed by atoms with E-state index >= 15 is 0 Å². The molecule has 16 heavy (non-hydrogen) atoms. The standard InChI is InChI=1S/C12H14N2O2/c1-12(2,3)16-11(15)9-5-4-6-14-8-13-7-10(9)14/h4-8H,1-3H3. The molecule has 0 aliphatic rings. The molecule has 0 spiro atoms. The Morgan fingerprint density at radius 3 is 2.88 bits per heavy atom. The zero-order chi connectivity index (χ0) is 11.8. The molecule has 0 amide bonds. The lowest BCUT2D eigenvalue weighted by Gasteiger charge is -2.19. The van der Waals surface area contributed by atoms with Gasteiger partial charge < -0.3 is 9.14 Å². The largest absolute Gasteiger partial charge is 0.456 e. The van der Waals surface area contributed by atoms with E-state index < -0.39 is 5.60 Å². The van der Waals surface area contributed by atoms with Crippen molar-refractivity contribution in [3.8, 4) is 0 Å². The molecular formula is C12H14N2O2. The van der Waals surface area contributed by atoms with Gasteiger partial charge in [0.05, 0.1) is 23.6 Å². The number of imidazole rings is 1. The van der Waals surface area contributed by atoms with Gasteiger partial charge >= 0.3 is 5.97 Å². The Morgan fingerprint density at radius 2 is 2.19 bits per heavy atom. The Balaban J connectivity index is 2.40. The highest BCUT2D eigenvalue weighted by atomic mass is 16.6.